The second kappa shape index (κ2) is 9.39. The molecule has 2 N–H and O–H groups in total. The Balaban J connectivity index is 1.58. The summed E-state index contributed by atoms with van der Waals surface area (Å²) in [5.74, 6) is -0.243. The third kappa shape index (κ3) is 4.98. The minimum atomic E-state index is -0.218. The molecule has 32 heavy (non-hydrogen) atoms. The van der Waals surface area contributed by atoms with Crippen LogP contribution in [-0.2, 0) is 11.2 Å². The number of hydrogen-bond acceptors (Lipinski definition) is 4. The van der Waals surface area contributed by atoms with Gasteiger partial charge in [-0.05, 0) is 55.8 Å². The molecule has 160 valence electrons. The number of carbonyl (C=O) groups excluding carboxylic acids is 2. The fourth-order valence-corrected chi connectivity index (χ4v) is 3.50. The molecule has 0 fully saturated rings. The van der Waals surface area contributed by atoms with E-state index in [4.69, 9.17) is 4.98 Å². The summed E-state index contributed by atoms with van der Waals surface area (Å²) in [7, 11) is 0. The third-order valence-electron chi connectivity index (χ3n) is 4.96. The number of fused-ring (bicyclic) bond motifs is 1. The Bertz CT molecular complexity index is 1250. The zero-order valence-corrected chi connectivity index (χ0v) is 18.0. The Morgan fingerprint density at radius 1 is 0.938 bits per heavy atom. The number of carbonyl (C=O) groups is 2. The fraction of sp³-hybridized carbons (Fsp3) is 0.154. The first-order chi connectivity index (χ1) is 15.5. The predicted octanol–water partition coefficient (Wildman–Crippen LogP) is 4.62. The quantitative estimate of drug-likeness (QED) is 0.473. The lowest BCUT2D eigenvalue weighted by Crippen LogP contribution is -2.31. The molecule has 0 bridgehead atoms. The molecule has 2 heterocycles. The van der Waals surface area contributed by atoms with Crippen LogP contribution in [0.25, 0.3) is 22.2 Å². The monoisotopic (exact) mass is 424 g/mol. The molecule has 2 aromatic carbocycles. The van der Waals surface area contributed by atoms with Crippen molar-refractivity contribution in [3.05, 3.63) is 90.3 Å². The van der Waals surface area contributed by atoms with E-state index in [1.807, 2.05) is 74.5 Å². The minimum Gasteiger partial charge on any atom is -0.354 e. The van der Waals surface area contributed by atoms with Crippen LogP contribution in [0.5, 0.6) is 0 Å². The molecule has 0 aliphatic rings. The van der Waals surface area contributed by atoms with E-state index in [-0.39, 0.29) is 17.9 Å². The molecule has 0 atom stereocenters. The number of benzene rings is 2. The topological polar surface area (TPSA) is 84.0 Å². The van der Waals surface area contributed by atoms with Gasteiger partial charge in [-0.3, -0.25) is 14.6 Å². The van der Waals surface area contributed by atoms with Crippen LogP contribution in [0.1, 0.15) is 29.8 Å². The average Bonchev–Trinajstić information content (AvgIpc) is 2.79. The number of nitrogens with one attached hydrogen (secondary N) is 2. The summed E-state index contributed by atoms with van der Waals surface area (Å²) in [4.78, 5) is 33.9. The summed E-state index contributed by atoms with van der Waals surface area (Å²) in [6, 6.07) is 20.5. The smallest absolute Gasteiger partial charge is 0.256 e. The zero-order chi connectivity index (χ0) is 22.5. The molecule has 0 saturated carbocycles. The standard InChI is InChI=1S/C26H24N4O2/c1-17(2)28-25(31)15-18-7-9-20(10-8-18)29-26(32)22-16-24(19-11-13-27-14-12-19)30-23-6-4-3-5-21(22)23/h3-14,16-17H,15H2,1-2H3,(H,28,31)(H,29,32). The molecule has 6 nitrogen and oxygen atoms in total. The van der Waals surface area contributed by atoms with Crippen molar-refractivity contribution < 1.29 is 9.59 Å². The summed E-state index contributed by atoms with van der Waals surface area (Å²) in [6.45, 7) is 3.86. The van der Waals surface area contributed by atoms with Gasteiger partial charge in [-0.25, -0.2) is 4.98 Å². The lowest BCUT2D eigenvalue weighted by atomic mass is 10.0. The van der Waals surface area contributed by atoms with Gasteiger partial charge in [0.2, 0.25) is 5.91 Å². The van der Waals surface area contributed by atoms with E-state index in [1.165, 1.54) is 0 Å². The van der Waals surface area contributed by atoms with Gasteiger partial charge in [-0.2, -0.15) is 0 Å². The molecular weight excluding hydrogens is 400 g/mol. The van der Waals surface area contributed by atoms with Crippen molar-refractivity contribution in [3.63, 3.8) is 0 Å². The van der Waals surface area contributed by atoms with Gasteiger partial charge in [-0.15, -0.1) is 0 Å². The molecule has 0 spiro atoms. The molecule has 4 aromatic rings. The fourth-order valence-electron chi connectivity index (χ4n) is 3.50. The van der Waals surface area contributed by atoms with Crippen molar-refractivity contribution in [1.29, 1.82) is 0 Å². The number of nitrogens with zero attached hydrogens (tertiary/aromatic N) is 2. The molecule has 6 heteroatoms. The number of pyridine rings is 2. The Morgan fingerprint density at radius 2 is 1.66 bits per heavy atom. The molecular formula is C26H24N4O2. The van der Waals surface area contributed by atoms with Crippen LogP contribution in [0.2, 0.25) is 0 Å². The maximum absolute atomic E-state index is 13.2. The van der Waals surface area contributed by atoms with E-state index in [0.717, 1.165) is 22.0 Å². The summed E-state index contributed by atoms with van der Waals surface area (Å²) in [5, 5.41) is 6.62. The maximum atomic E-state index is 13.2. The second-order valence-corrected chi connectivity index (χ2v) is 7.86. The Morgan fingerprint density at radius 3 is 2.38 bits per heavy atom. The van der Waals surface area contributed by atoms with Gasteiger partial charge < -0.3 is 10.6 Å². The number of anilines is 1. The first-order valence-electron chi connectivity index (χ1n) is 10.5. The van der Waals surface area contributed by atoms with E-state index in [1.54, 1.807) is 18.5 Å². The van der Waals surface area contributed by atoms with Crippen LogP contribution in [0.15, 0.2) is 79.1 Å². The van der Waals surface area contributed by atoms with Gasteiger partial charge in [0.05, 0.1) is 23.2 Å². The van der Waals surface area contributed by atoms with E-state index in [0.29, 0.717) is 23.4 Å². The average molecular weight is 425 g/mol. The third-order valence-corrected chi connectivity index (χ3v) is 4.96. The van der Waals surface area contributed by atoms with Crippen molar-refractivity contribution >= 4 is 28.4 Å². The zero-order valence-electron chi connectivity index (χ0n) is 18.0. The van der Waals surface area contributed by atoms with Gasteiger partial charge in [-0.1, -0.05) is 30.3 Å². The predicted molar refractivity (Wildman–Crippen MR) is 126 cm³/mol. The SMILES string of the molecule is CC(C)NC(=O)Cc1ccc(NC(=O)c2cc(-c3ccncc3)nc3ccccc23)cc1. The Hall–Kier alpha value is -4.06. The number of hydrogen-bond donors (Lipinski definition) is 2. The van der Waals surface area contributed by atoms with Crippen LogP contribution in [0.3, 0.4) is 0 Å². The maximum Gasteiger partial charge on any atom is 0.256 e. The highest BCUT2D eigenvalue weighted by molar-refractivity contribution is 6.13. The van der Waals surface area contributed by atoms with Crippen molar-refractivity contribution in [2.75, 3.05) is 5.32 Å². The summed E-state index contributed by atoms with van der Waals surface area (Å²) < 4.78 is 0. The Kier molecular flexibility index (Phi) is 6.22. The van der Waals surface area contributed by atoms with Crippen molar-refractivity contribution in [2.24, 2.45) is 0 Å². The molecule has 0 aliphatic heterocycles. The van der Waals surface area contributed by atoms with Crippen LogP contribution in [0, 0.1) is 0 Å². The lowest BCUT2D eigenvalue weighted by molar-refractivity contribution is -0.120. The lowest BCUT2D eigenvalue weighted by Gasteiger charge is -2.11. The molecule has 0 aliphatic carbocycles. The van der Waals surface area contributed by atoms with Crippen LogP contribution < -0.4 is 10.6 Å². The van der Waals surface area contributed by atoms with Crippen LogP contribution in [-0.4, -0.2) is 27.8 Å². The van der Waals surface area contributed by atoms with Crippen molar-refractivity contribution in [3.8, 4) is 11.3 Å². The van der Waals surface area contributed by atoms with E-state index < -0.39 is 0 Å². The number of amides is 2. The normalized spacial score (nSPS) is 10.8. The minimum absolute atomic E-state index is 0.0244. The first-order valence-corrected chi connectivity index (χ1v) is 10.5. The van der Waals surface area contributed by atoms with Crippen LogP contribution >= 0.6 is 0 Å². The summed E-state index contributed by atoms with van der Waals surface area (Å²) in [5.41, 5.74) is 4.44. The van der Waals surface area contributed by atoms with Crippen LogP contribution in [0.4, 0.5) is 5.69 Å². The highest BCUT2D eigenvalue weighted by Crippen LogP contribution is 2.25. The van der Waals surface area contributed by atoms with E-state index in [9.17, 15) is 9.59 Å². The number of para-hydroxylation sites is 1. The number of rotatable bonds is 6. The van der Waals surface area contributed by atoms with Gasteiger partial charge in [0, 0.05) is 35.1 Å². The van der Waals surface area contributed by atoms with Gasteiger partial charge in [0.1, 0.15) is 0 Å². The highest BCUT2D eigenvalue weighted by atomic mass is 16.2. The van der Waals surface area contributed by atoms with Gasteiger partial charge in [0.15, 0.2) is 0 Å². The highest BCUT2D eigenvalue weighted by Gasteiger charge is 2.14. The number of aromatic nitrogens is 2. The van der Waals surface area contributed by atoms with E-state index >= 15 is 0 Å². The molecule has 2 aromatic heterocycles. The molecule has 0 saturated heterocycles. The van der Waals surface area contributed by atoms with Crippen molar-refractivity contribution in [2.45, 2.75) is 26.3 Å². The Labute approximate surface area is 186 Å². The van der Waals surface area contributed by atoms with Gasteiger partial charge in [0.25, 0.3) is 5.91 Å². The molecule has 0 unspecified atom stereocenters. The molecule has 2 amide bonds. The second-order valence-electron chi connectivity index (χ2n) is 7.86. The molecule has 4 rings (SSSR count). The largest absolute Gasteiger partial charge is 0.354 e. The van der Waals surface area contributed by atoms with Crippen molar-refractivity contribution in [1.82, 2.24) is 15.3 Å². The molecule has 0 radical (unpaired) electrons. The van der Waals surface area contributed by atoms with E-state index in [2.05, 4.69) is 15.6 Å². The summed E-state index contributed by atoms with van der Waals surface area (Å²) >= 11 is 0. The summed E-state index contributed by atoms with van der Waals surface area (Å²) in [6.07, 6.45) is 3.71. The first kappa shape index (κ1) is 21.2. The van der Waals surface area contributed by atoms with Gasteiger partial charge >= 0.3 is 0 Å².